The minimum Gasteiger partial charge on any atom is -0.497 e. The molecule has 0 amide bonds. The van der Waals surface area contributed by atoms with Crippen LogP contribution in [0.25, 0.3) is 0 Å². The third-order valence-corrected chi connectivity index (χ3v) is 4.99. The smallest absolute Gasteiger partial charge is 0.148 e. The van der Waals surface area contributed by atoms with E-state index >= 15 is 0 Å². The molecule has 0 aliphatic rings. The number of thioether (sulfide) groups is 1. The quantitative estimate of drug-likeness (QED) is 0.823. The summed E-state index contributed by atoms with van der Waals surface area (Å²) < 4.78 is 27.2. The van der Waals surface area contributed by atoms with Crippen molar-refractivity contribution in [3.05, 3.63) is 29.8 Å². The van der Waals surface area contributed by atoms with Crippen molar-refractivity contribution in [2.24, 2.45) is 5.73 Å². The Morgan fingerprint density at radius 3 is 2.39 bits per heavy atom. The van der Waals surface area contributed by atoms with Gasteiger partial charge in [-0.2, -0.15) is 11.8 Å². The van der Waals surface area contributed by atoms with Crippen molar-refractivity contribution in [2.75, 3.05) is 31.4 Å². The number of methoxy groups -OCH3 is 1. The van der Waals surface area contributed by atoms with Crippen molar-refractivity contribution in [2.45, 2.75) is 5.25 Å². The SMILES string of the molecule is COc1ccc(C(CN)SCCS(C)(=O)=O)cc1. The first kappa shape index (κ1) is 15.3. The lowest BCUT2D eigenvalue weighted by Gasteiger charge is -2.15. The minimum atomic E-state index is -2.90. The summed E-state index contributed by atoms with van der Waals surface area (Å²) in [6, 6.07) is 7.69. The summed E-state index contributed by atoms with van der Waals surface area (Å²) in [6.45, 7) is 0.487. The predicted octanol–water partition coefficient (Wildman–Crippen LogP) is 1.47. The van der Waals surface area contributed by atoms with Crippen LogP contribution in [0.5, 0.6) is 5.75 Å². The molecule has 0 bridgehead atoms. The molecule has 4 nitrogen and oxygen atoms in total. The Hall–Kier alpha value is -0.720. The van der Waals surface area contributed by atoms with Gasteiger partial charge in [0.1, 0.15) is 15.6 Å². The number of hydrogen-bond acceptors (Lipinski definition) is 5. The lowest BCUT2D eigenvalue weighted by molar-refractivity contribution is 0.414. The van der Waals surface area contributed by atoms with Crippen LogP contribution in [0.4, 0.5) is 0 Å². The monoisotopic (exact) mass is 289 g/mol. The standard InChI is InChI=1S/C12H19NO3S2/c1-16-11-5-3-10(4-6-11)12(9-13)17-7-8-18(2,14)15/h3-6,12H,7-9,13H2,1-2H3. The van der Waals surface area contributed by atoms with Crippen LogP contribution in [-0.2, 0) is 9.84 Å². The summed E-state index contributed by atoms with van der Waals surface area (Å²) in [4.78, 5) is 0. The van der Waals surface area contributed by atoms with E-state index in [4.69, 9.17) is 10.5 Å². The lowest BCUT2D eigenvalue weighted by Crippen LogP contribution is -2.12. The zero-order chi connectivity index (χ0) is 13.6. The van der Waals surface area contributed by atoms with Crippen molar-refractivity contribution in [3.63, 3.8) is 0 Å². The van der Waals surface area contributed by atoms with E-state index in [9.17, 15) is 8.42 Å². The lowest BCUT2D eigenvalue weighted by atomic mass is 10.1. The van der Waals surface area contributed by atoms with Crippen LogP contribution in [0.1, 0.15) is 10.8 Å². The fourth-order valence-corrected chi connectivity index (χ4v) is 3.83. The van der Waals surface area contributed by atoms with E-state index in [-0.39, 0.29) is 11.0 Å². The average Bonchev–Trinajstić information content (AvgIpc) is 2.34. The molecule has 6 heteroatoms. The van der Waals surface area contributed by atoms with Gasteiger partial charge in [-0.15, -0.1) is 0 Å². The minimum absolute atomic E-state index is 0.123. The van der Waals surface area contributed by atoms with E-state index in [2.05, 4.69) is 0 Å². The molecule has 18 heavy (non-hydrogen) atoms. The van der Waals surface area contributed by atoms with E-state index in [1.807, 2.05) is 24.3 Å². The van der Waals surface area contributed by atoms with Crippen molar-refractivity contribution >= 4 is 21.6 Å². The molecule has 0 aromatic heterocycles. The van der Waals surface area contributed by atoms with Crippen molar-refractivity contribution in [1.29, 1.82) is 0 Å². The van der Waals surface area contributed by atoms with Crippen LogP contribution < -0.4 is 10.5 Å². The molecule has 0 heterocycles. The van der Waals surface area contributed by atoms with Gasteiger partial charge in [0.05, 0.1) is 12.9 Å². The maximum absolute atomic E-state index is 11.1. The summed E-state index contributed by atoms with van der Waals surface area (Å²) in [5.41, 5.74) is 6.82. The van der Waals surface area contributed by atoms with Gasteiger partial charge in [0, 0.05) is 23.8 Å². The molecule has 0 fully saturated rings. The summed E-state index contributed by atoms with van der Waals surface area (Å²) in [5, 5.41) is 0.123. The van der Waals surface area contributed by atoms with E-state index in [1.165, 1.54) is 6.26 Å². The molecule has 1 aromatic carbocycles. The van der Waals surface area contributed by atoms with E-state index in [0.29, 0.717) is 12.3 Å². The number of hydrogen-bond donors (Lipinski definition) is 1. The van der Waals surface area contributed by atoms with Crippen LogP contribution in [0.3, 0.4) is 0 Å². The van der Waals surface area contributed by atoms with Gasteiger partial charge in [-0.05, 0) is 17.7 Å². The maximum Gasteiger partial charge on any atom is 0.148 e. The van der Waals surface area contributed by atoms with Gasteiger partial charge in [0.15, 0.2) is 0 Å². The van der Waals surface area contributed by atoms with Gasteiger partial charge in [0.25, 0.3) is 0 Å². The van der Waals surface area contributed by atoms with Crippen molar-refractivity contribution < 1.29 is 13.2 Å². The van der Waals surface area contributed by atoms with Crippen molar-refractivity contribution in [3.8, 4) is 5.75 Å². The van der Waals surface area contributed by atoms with E-state index in [1.54, 1.807) is 18.9 Å². The Bertz CT molecular complexity index is 457. The second-order valence-corrected chi connectivity index (χ2v) is 7.57. The molecule has 1 rings (SSSR count). The second kappa shape index (κ2) is 7.01. The molecule has 0 radical (unpaired) electrons. The fraction of sp³-hybridized carbons (Fsp3) is 0.500. The highest BCUT2D eigenvalue weighted by molar-refractivity contribution is 8.00. The number of sulfone groups is 1. The average molecular weight is 289 g/mol. The molecule has 0 saturated heterocycles. The summed E-state index contributed by atoms with van der Waals surface area (Å²) in [6.07, 6.45) is 1.25. The normalized spacial score (nSPS) is 13.3. The molecule has 1 unspecified atom stereocenters. The molecular formula is C12H19NO3S2. The van der Waals surface area contributed by atoms with E-state index in [0.717, 1.165) is 11.3 Å². The highest BCUT2D eigenvalue weighted by Crippen LogP contribution is 2.28. The Morgan fingerprint density at radius 1 is 1.33 bits per heavy atom. The summed E-state index contributed by atoms with van der Waals surface area (Å²) in [7, 11) is -1.28. The van der Waals surface area contributed by atoms with E-state index < -0.39 is 9.84 Å². The zero-order valence-corrected chi connectivity index (χ0v) is 12.3. The topological polar surface area (TPSA) is 69.4 Å². The number of nitrogens with two attached hydrogens (primary N) is 1. The first-order chi connectivity index (χ1) is 8.46. The Balaban J connectivity index is 2.59. The number of rotatable bonds is 7. The largest absolute Gasteiger partial charge is 0.497 e. The van der Waals surface area contributed by atoms with Gasteiger partial charge in [-0.25, -0.2) is 8.42 Å². The Labute approximate surface area is 113 Å². The van der Waals surface area contributed by atoms with Crippen LogP contribution in [-0.4, -0.2) is 39.8 Å². The molecule has 0 spiro atoms. The van der Waals surface area contributed by atoms with Crippen LogP contribution >= 0.6 is 11.8 Å². The molecule has 102 valence electrons. The predicted molar refractivity (Wildman–Crippen MR) is 77.0 cm³/mol. The highest BCUT2D eigenvalue weighted by atomic mass is 32.2. The Morgan fingerprint density at radius 2 is 1.94 bits per heavy atom. The molecule has 1 aromatic rings. The Kier molecular flexibility index (Phi) is 5.98. The van der Waals surface area contributed by atoms with Crippen LogP contribution in [0.15, 0.2) is 24.3 Å². The first-order valence-corrected chi connectivity index (χ1v) is 8.70. The number of benzene rings is 1. The first-order valence-electron chi connectivity index (χ1n) is 5.59. The third kappa shape index (κ3) is 5.29. The summed E-state index contributed by atoms with van der Waals surface area (Å²) >= 11 is 1.57. The maximum atomic E-state index is 11.1. The second-order valence-electron chi connectivity index (χ2n) is 4.00. The third-order valence-electron chi connectivity index (χ3n) is 2.47. The van der Waals surface area contributed by atoms with Gasteiger partial charge >= 0.3 is 0 Å². The molecule has 0 saturated carbocycles. The van der Waals surface area contributed by atoms with Gasteiger partial charge in [-0.1, -0.05) is 12.1 Å². The summed E-state index contributed by atoms with van der Waals surface area (Å²) in [5.74, 6) is 1.55. The highest BCUT2D eigenvalue weighted by Gasteiger charge is 2.11. The molecular weight excluding hydrogens is 270 g/mol. The van der Waals surface area contributed by atoms with Crippen molar-refractivity contribution in [1.82, 2.24) is 0 Å². The number of ether oxygens (including phenoxy) is 1. The van der Waals surface area contributed by atoms with Crippen LogP contribution in [0, 0.1) is 0 Å². The molecule has 2 N–H and O–H groups in total. The molecule has 0 aliphatic carbocycles. The zero-order valence-electron chi connectivity index (χ0n) is 10.6. The molecule has 0 aliphatic heterocycles. The molecule has 1 atom stereocenters. The fourth-order valence-electron chi connectivity index (χ4n) is 1.46. The van der Waals surface area contributed by atoms with Gasteiger partial charge < -0.3 is 10.5 Å². The van der Waals surface area contributed by atoms with Gasteiger partial charge in [-0.3, -0.25) is 0 Å². The van der Waals surface area contributed by atoms with Gasteiger partial charge in [0.2, 0.25) is 0 Å². The van der Waals surface area contributed by atoms with Crippen LogP contribution in [0.2, 0.25) is 0 Å².